The van der Waals surface area contributed by atoms with Crippen molar-refractivity contribution in [3.63, 3.8) is 0 Å². The van der Waals surface area contributed by atoms with E-state index in [1.807, 2.05) is 0 Å². The minimum atomic E-state index is -1.51. The Bertz CT molecular complexity index is 3390. The van der Waals surface area contributed by atoms with E-state index in [2.05, 4.69) is 0 Å². The highest BCUT2D eigenvalue weighted by atomic mass is 16.7. The van der Waals surface area contributed by atoms with E-state index in [0.717, 1.165) is 0 Å². The Morgan fingerprint density at radius 3 is 0.957 bits per heavy atom. The zero-order chi connectivity index (χ0) is 48.4. The molecule has 0 aromatic heterocycles. The largest absolute Gasteiger partial charge is 0.478 e. The summed E-state index contributed by atoms with van der Waals surface area (Å²) in [5.41, 5.74) is -1.76. The van der Waals surface area contributed by atoms with Crippen molar-refractivity contribution >= 4 is 60.1 Å². The highest BCUT2D eigenvalue weighted by Gasteiger charge is 2.30. The summed E-state index contributed by atoms with van der Waals surface area (Å²) in [5, 5.41) is 65.4. The van der Waals surface area contributed by atoms with Gasteiger partial charge in [-0.25, -0.2) is 28.8 Å². The molecule has 0 amide bonds. The zero-order valence-corrected chi connectivity index (χ0v) is 35.4. The fourth-order valence-electron chi connectivity index (χ4n) is 9.20. The summed E-state index contributed by atoms with van der Waals surface area (Å²) >= 11 is 0. The maximum absolute atomic E-state index is 13.4. The van der Waals surface area contributed by atoms with E-state index in [9.17, 15) is 59.4 Å². The molecule has 69 heavy (non-hydrogen) atoms. The van der Waals surface area contributed by atoms with Crippen molar-refractivity contribution in [1.82, 2.24) is 0 Å². The van der Waals surface area contributed by atoms with Crippen LogP contribution in [0.5, 0.6) is 34.5 Å². The van der Waals surface area contributed by atoms with E-state index in [1.54, 1.807) is 0 Å². The number of carboxylic acids is 6. The lowest BCUT2D eigenvalue weighted by Gasteiger charge is -2.20. The van der Waals surface area contributed by atoms with E-state index in [-0.39, 0.29) is 113 Å². The molecule has 14 aliphatic rings. The molecule has 12 aliphatic heterocycles. The molecular weight excluding hydrogens is 901 g/mol. The number of benzene rings is 6. The van der Waals surface area contributed by atoms with Gasteiger partial charge in [-0.2, -0.15) is 0 Å². The minimum absolute atomic E-state index is 0.0265. The van der Waals surface area contributed by atoms with Crippen LogP contribution in [-0.4, -0.2) is 86.8 Å². The Hall–Kier alpha value is -9.58. The van der Waals surface area contributed by atoms with Crippen LogP contribution in [0, 0.1) is 0 Å². The van der Waals surface area contributed by atoms with Gasteiger partial charge in [0.1, 0.15) is 67.9 Å². The first kappa shape index (κ1) is 43.3. The van der Waals surface area contributed by atoms with Gasteiger partial charge in [-0.1, -0.05) is 36.4 Å². The van der Waals surface area contributed by atoms with Crippen molar-refractivity contribution in [2.45, 2.75) is 12.8 Å². The second kappa shape index (κ2) is 16.7. The molecule has 20 rings (SSSR count). The summed E-state index contributed by atoms with van der Waals surface area (Å²) in [7, 11) is 0. The van der Waals surface area contributed by atoms with Crippen molar-refractivity contribution in [3.05, 3.63) is 172 Å². The molecule has 18 heteroatoms. The van der Waals surface area contributed by atoms with E-state index < -0.39 is 89.6 Å². The van der Waals surface area contributed by atoms with Gasteiger partial charge in [-0.3, -0.25) is 0 Å². The lowest BCUT2D eigenvalue weighted by molar-refractivity contribution is 0.0654. The fourth-order valence-corrected chi connectivity index (χ4v) is 9.20. The number of aromatic carboxylic acids is 6. The molecule has 344 valence electrons. The third kappa shape index (κ3) is 7.41. The monoisotopic (exact) mass is 932 g/mol. The van der Waals surface area contributed by atoms with Gasteiger partial charge in [0, 0.05) is 10.4 Å². The van der Waals surface area contributed by atoms with Crippen LogP contribution in [0.3, 0.4) is 0 Å². The third-order valence-corrected chi connectivity index (χ3v) is 12.2. The molecule has 6 N–H and O–H groups in total. The Kier molecular flexibility index (Phi) is 10.5. The quantitative estimate of drug-likeness (QED) is 0.138. The topological polar surface area (TPSA) is 279 Å². The van der Waals surface area contributed by atoms with Crippen LogP contribution in [0.15, 0.2) is 72.8 Å². The smallest absolute Gasteiger partial charge is 0.340 e. The van der Waals surface area contributed by atoms with Crippen LogP contribution in [0.25, 0.3) is 24.3 Å². The number of carboxylic acid groups (broad SMARTS) is 6. The molecule has 18 bridgehead atoms. The lowest BCUT2D eigenvalue weighted by atomic mass is 9.90. The van der Waals surface area contributed by atoms with Crippen molar-refractivity contribution in [2.75, 3.05) is 20.4 Å². The molecular formula is C51H32O18. The molecule has 18 nitrogen and oxygen atoms in total. The molecule has 6 aromatic rings. The first-order valence-electron chi connectivity index (χ1n) is 20.7. The predicted molar refractivity (Wildman–Crippen MR) is 237 cm³/mol. The van der Waals surface area contributed by atoms with Gasteiger partial charge < -0.3 is 59.1 Å². The lowest BCUT2D eigenvalue weighted by Crippen LogP contribution is -2.32. The van der Waals surface area contributed by atoms with Crippen molar-refractivity contribution in [2.24, 2.45) is 0 Å². The van der Waals surface area contributed by atoms with Crippen LogP contribution < -0.4 is 49.3 Å². The summed E-state index contributed by atoms with van der Waals surface area (Å²) in [5.74, 6) is -10.6. The molecule has 6 aromatic carbocycles. The maximum atomic E-state index is 13.4. The standard InChI is InChI=1S/C51H32O18/c52-46(53)40-28-14-23-2-8-37-42(48(56)57)30(23)15-24-3-9-35-41(47(54)55)29(24)13-22(28)1-7-34(40)64-19-65-36-10-4-25-17-32-27(6-12-39(69-21-68-37)45(32)51(62)63)18-33-26(16-31(25)43(36)49(58)59)5-11-38(67-20-66-35)44(33)50(60)61/h1-14,17-18H,15-16,19-21H2,(H,52,53)(H,54,55)(H,56,57)(H,58,59)(H,60,61)(H,62,63)/b22-13-,27-18-,28-14+,32-17+. The van der Waals surface area contributed by atoms with Gasteiger partial charge in [-0.05, 0) is 128 Å². The summed E-state index contributed by atoms with van der Waals surface area (Å²) < 4.78 is 35.8. The molecule has 0 atom stereocenters. The highest BCUT2D eigenvalue weighted by Crippen LogP contribution is 2.37. The average molecular weight is 933 g/mol. The number of rotatable bonds is 6. The second-order valence-corrected chi connectivity index (χ2v) is 15.9. The van der Waals surface area contributed by atoms with Crippen molar-refractivity contribution < 1.29 is 87.8 Å². The average Bonchev–Trinajstić information content (AvgIpc) is 3.40. The summed E-state index contributed by atoms with van der Waals surface area (Å²) in [6.07, 6.45) is 5.03. The van der Waals surface area contributed by atoms with Crippen molar-refractivity contribution in [3.8, 4) is 34.5 Å². The molecule has 12 heterocycles. The van der Waals surface area contributed by atoms with Gasteiger partial charge in [0.05, 0.1) is 0 Å². The van der Waals surface area contributed by atoms with E-state index in [0.29, 0.717) is 0 Å². The summed E-state index contributed by atoms with van der Waals surface area (Å²) in [4.78, 5) is 80.3. The number of hydrogen-bond acceptors (Lipinski definition) is 12. The molecule has 0 spiro atoms. The molecule has 0 fully saturated rings. The van der Waals surface area contributed by atoms with Gasteiger partial charge in [0.25, 0.3) is 0 Å². The summed E-state index contributed by atoms with van der Waals surface area (Å²) in [6.45, 7) is -2.33. The Morgan fingerprint density at radius 1 is 0.333 bits per heavy atom. The van der Waals surface area contributed by atoms with Gasteiger partial charge in [-0.15, -0.1) is 0 Å². The Morgan fingerprint density at radius 2 is 0.623 bits per heavy atom. The minimum Gasteiger partial charge on any atom is -0.478 e. The van der Waals surface area contributed by atoms with Crippen LogP contribution in [0.1, 0.15) is 107 Å². The maximum Gasteiger partial charge on any atom is 0.340 e. The highest BCUT2D eigenvalue weighted by molar-refractivity contribution is 6.00. The molecule has 2 aliphatic carbocycles. The van der Waals surface area contributed by atoms with Crippen molar-refractivity contribution in [1.29, 1.82) is 0 Å². The van der Waals surface area contributed by atoms with Gasteiger partial charge in [0.2, 0.25) is 20.4 Å². The molecule has 0 saturated carbocycles. The normalized spacial score (nSPS) is 15.6. The van der Waals surface area contributed by atoms with E-state index in [4.69, 9.17) is 28.4 Å². The SMILES string of the molecule is O=C(O)c1c2ccc3c1/C=c1/ccc4c(C(=O)O)/c1=C/c1ccc(c(C(=O)O)c1C3)OCOc1ccc3/c(c1C(=O)O)=C\c1ccc(c(C(=O)O)c1Cc1ccc(c(C(=O)O)c1\C=3)OCO2)OCO4. The summed E-state index contributed by atoms with van der Waals surface area (Å²) in [6, 6.07) is 16.7. The van der Waals surface area contributed by atoms with Crippen LogP contribution >= 0.6 is 0 Å². The molecule has 0 unspecified atom stereocenters. The third-order valence-electron chi connectivity index (χ3n) is 12.2. The first-order chi connectivity index (χ1) is 33.2. The number of hydrogen-bond donors (Lipinski definition) is 6. The second-order valence-electron chi connectivity index (χ2n) is 15.9. The Labute approximate surface area is 386 Å². The van der Waals surface area contributed by atoms with Crippen LogP contribution in [0.2, 0.25) is 0 Å². The molecule has 0 radical (unpaired) electrons. The first-order valence-corrected chi connectivity index (χ1v) is 20.7. The molecule has 0 saturated heterocycles. The fraction of sp³-hybridized carbons (Fsp3) is 0.0980. The predicted octanol–water partition coefficient (Wildman–Crippen LogP) is 3.87. The van der Waals surface area contributed by atoms with Crippen LogP contribution in [-0.2, 0) is 12.8 Å². The van der Waals surface area contributed by atoms with Crippen LogP contribution in [0.4, 0.5) is 0 Å². The van der Waals surface area contributed by atoms with Gasteiger partial charge >= 0.3 is 35.8 Å². The van der Waals surface area contributed by atoms with E-state index in [1.165, 1.54) is 97.1 Å². The number of ether oxygens (including phenoxy) is 6. The van der Waals surface area contributed by atoms with Gasteiger partial charge in [0.15, 0.2) is 0 Å². The zero-order valence-electron chi connectivity index (χ0n) is 35.4. The van der Waals surface area contributed by atoms with E-state index >= 15 is 0 Å². The number of carbonyl (C=O) groups is 6. The Balaban J connectivity index is 1.38.